The third-order valence-electron chi connectivity index (χ3n) is 3.40. The van der Waals surface area contributed by atoms with Gasteiger partial charge in [-0.1, -0.05) is 30.3 Å². The van der Waals surface area contributed by atoms with E-state index in [0.717, 1.165) is 17.9 Å². The van der Waals surface area contributed by atoms with Crippen LogP contribution in [0.5, 0.6) is 0 Å². The Bertz CT molecular complexity index is 583. The maximum atomic E-state index is 12.4. The molecule has 104 valence electrons. The summed E-state index contributed by atoms with van der Waals surface area (Å²) in [5, 5.41) is 0. The van der Waals surface area contributed by atoms with Crippen LogP contribution >= 0.6 is 0 Å². The first kappa shape index (κ1) is 12.9. The van der Waals surface area contributed by atoms with Crippen LogP contribution in [0.25, 0.3) is 0 Å². The van der Waals surface area contributed by atoms with E-state index < -0.39 is 0 Å². The summed E-state index contributed by atoms with van der Waals surface area (Å²) in [7, 11) is 1.80. The molecule has 1 aliphatic heterocycles. The van der Waals surface area contributed by atoms with Crippen molar-refractivity contribution in [1.82, 2.24) is 14.5 Å². The van der Waals surface area contributed by atoms with Crippen molar-refractivity contribution in [2.24, 2.45) is 0 Å². The van der Waals surface area contributed by atoms with Crippen LogP contribution in [0.15, 0.2) is 36.5 Å². The first-order valence-electron chi connectivity index (χ1n) is 6.67. The minimum atomic E-state index is -0.0595. The Kier molecular flexibility index (Phi) is 3.52. The minimum absolute atomic E-state index is 0.0595. The molecule has 1 amide bonds. The van der Waals surface area contributed by atoms with Crippen LogP contribution in [0.3, 0.4) is 0 Å². The van der Waals surface area contributed by atoms with Gasteiger partial charge in [-0.15, -0.1) is 0 Å². The van der Waals surface area contributed by atoms with Gasteiger partial charge < -0.3 is 14.2 Å². The zero-order valence-corrected chi connectivity index (χ0v) is 11.5. The quantitative estimate of drug-likeness (QED) is 0.853. The Morgan fingerprint density at radius 2 is 2.20 bits per heavy atom. The molecule has 2 aromatic rings. The van der Waals surface area contributed by atoms with Gasteiger partial charge in [0, 0.05) is 26.3 Å². The van der Waals surface area contributed by atoms with E-state index in [4.69, 9.17) is 4.74 Å². The van der Waals surface area contributed by atoms with Crippen molar-refractivity contribution >= 4 is 5.91 Å². The number of hydrogen-bond acceptors (Lipinski definition) is 3. The van der Waals surface area contributed by atoms with E-state index in [2.05, 4.69) is 4.98 Å². The van der Waals surface area contributed by atoms with E-state index in [1.165, 1.54) is 0 Å². The summed E-state index contributed by atoms with van der Waals surface area (Å²) < 4.78 is 7.33. The molecule has 20 heavy (non-hydrogen) atoms. The number of aromatic nitrogens is 2. The minimum Gasteiger partial charge on any atom is -0.372 e. The first-order chi connectivity index (χ1) is 9.74. The van der Waals surface area contributed by atoms with Crippen molar-refractivity contribution in [3.8, 4) is 0 Å². The second-order valence-electron chi connectivity index (χ2n) is 4.94. The van der Waals surface area contributed by atoms with Gasteiger partial charge in [-0.3, -0.25) is 4.79 Å². The lowest BCUT2D eigenvalue weighted by molar-refractivity contribution is 0.0778. The number of hydrogen-bond donors (Lipinski definition) is 0. The van der Waals surface area contributed by atoms with E-state index in [1.807, 2.05) is 41.1 Å². The summed E-state index contributed by atoms with van der Waals surface area (Å²) in [6.07, 6.45) is 1.82. The molecule has 0 bridgehead atoms. The molecular formula is C15H17N3O2. The molecule has 1 aromatic carbocycles. The summed E-state index contributed by atoms with van der Waals surface area (Å²) in [5.41, 5.74) is 1.60. The summed E-state index contributed by atoms with van der Waals surface area (Å²) in [6, 6.07) is 9.93. The second kappa shape index (κ2) is 5.46. The van der Waals surface area contributed by atoms with Crippen LogP contribution in [0, 0.1) is 0 Å². The lowest BCUT2D eigenvalue weighted by Gasteiger charge is -2.15. The highest BCUT2D eigenvalue weighted by molar-refractivity contribution is 5.92. The van der Waals surface area contributed by atoms with E-state index in [1.54, 1.807) is 11.9 Å². The van der Waals surface area contributed by atoms with Crippen LogP contribution in [0.1, 0.15) is 21.9 Å². The van der Waals surface area contributed by atoms with Gasteiger partial charge in [0.2, 0.25) is 0 Å². The van der Waals surface area contributed by atoms with Gasteiger partial charge in [-0.05, 0) is 5.56 Å². The number of carbonyl (C=O) groups is 1. The summed E-state index contributed by atoms with van der Waals surface area (Å²) >= 11 is 0. The monoisotopic (exact) mass is 271 g/mol. The predicted molar refractivity (Wildman–Crippen MR) is 74.1 cm³/mol. The number of rotatable bonds is 3. The molecule has 0 fully saturated rings. The Labute approximate surface area is 117 Å². The van der Waals surface area contributed by atoms with Gasteiger partial charge in [0.25, 0.3) is 5.91 Å². The Balaban J connectivity index is 1.73. The second-order valence-corrected chi connectivity index (χ2v) is 4.94. The van der Waals surface area contributed by atoms with Crippen LogP contribution in [0.4, 0.5) is 0 Å². The smallest absolute Gasteiger partial charge is 0.274 e. The molecular weight excluding hydrogens is 254 g/mol. The molecule has 0 saturated carbocycles. The van der Waals surface area contributed by atoms with Crippen LogP contribution in [-0.2, 0) is 24.4 Å². The number of carbonyl (C=O) groups excluding carboxylic acids is 1. The molecule has 3 rings (SSSR count). The number of ether oxygens (including phenoxy) is 1. The summed E-state index contributed by atoms with van der Waals surface area (Å²) in [6.45, 7) is 2.50. The van der Waals surface area contributed by atoms with E-state index in [-0.39, 0.29) is 5.91 Å². The summed E-state index contributed by atoms with van der Waals surface area (Å²) in [5.74, 6) is 0.767. The normalized spacial score (nSPS) is 13.8. The average Bonchev–Trinajstić information content (AvgIpc) is 2.91. The molecule has 0 saturated heterocycles. The third-order valence-corrected chi connectivity index (χ3v) is 3.40. The van der Waals surface area contributed by atoms with E-state index in [9.17, 15) is 4.79 Å². The Morgan fingerprint density at radius 3 is 2.95 bits per heavy atom. The topological polar surface area (TPSA) is 47.4 Å². The molecule has 0 unspecified atom stereocenters. The number of fused-ring (bicyclic) bond motifs is 1. The fraction of sp³-hybridized carbons (Fsp3) is 0.333. The van der Waals surface area contributed by atoms with Crippen LogP contribution in [0.2, 0.25) is 0 Å². The van der Waals surface area contributed by atoms with Crippen molar-refractivity contribution in [2.75, 3.05) is 13.7 Å². The van der Waals surface area contributed by atoms with Crippen molar-refractivity contribution in [2.45, 2.75) is 19.7 Å². The number of imidazole rings is 1. The van der Waals surface area contributed by atoms with Crippen LogP contribution < -0.4 is 0 Å². The lowest BCUT2D eigenvalue weighted by Crippen LogP contribution is -2.26. The Hall–Kier alpha value is -2.14. The maximum absolute atomic E-state index is 12.4. The van der Waals surface area contributed by atoms with E-state index >= 15 is 0 Å². The first-order valence-corrected chi connectivity index (χ1v) is 6.67. The molecule has 1 aliphatic rings. The predicted octanol–water partition coefficient (Wildman–Crippen LogP) is 1.69. The van der Waals surface area contributed by atoms with Crippen molar-refractivity contribution in [3.05, 3.63) is 53.6 Å². The fourth-order valence-corrected chi connectivity index (χ4v) is 2.32. The Morgan fingerprint density at radius 1 is 1.40 bits per heavy atom. The van der Waals surface area contributed by atoms with Crippen molar-refractivity contribution < 1.29 is 9.53 Å². The zero-order valence-electron chi connectivity index (χ0n) is 11.5. The molecule has 5 nitrogen and oxygen atoms in total. The molecule has 0 aliphatic carbocycles. The highest BCUT2D eigenvalue weighted by Crippen LogP contribution is 2.12. The van der Waals surface area contributed by atoms with E-state index in [0.29, 0.717) is 25.5 Å². The largest absolute Gasteiger partial charge is 0.372 e. The lowest BCUT2D eigenvalue weighted by atomic mass is 10.2. The van der Waals surface area contributed by atoms with Gasteiger partial charge in [0.1, 0.15) is 18.1 Å². The SMILES string of the molecule is CN(Cc1ccccc1)C(=O)c1cn2c(n1)COCC2. The highest BCUT2D eigenvalue weighted by Gasteiger charge is 2.19. The molecule has 0 atom stereocenters. The molecule has 0 radical (unpaired) electrons. The van der Waals surface area contributed by atoms with Crippen molar-refractivity contribution in [1.29, 1.82) is 0 Å². The molecule has 5 heteroatoms. The number of nitrogens with zero attached hydrogens (tertiary/aromatic N) is 3. The van der Waals surface area contributed by atoms with Gasteiger partial charge in [0.05, 0.1) is 6.61 Å². The van der Waals surface area contributed by atoms with Gasteiger partial charge in [-0.2, -0.15) is 0 Å². The summed E-state index contributed by atoms with van der Waals surface area (Å²) in [4.78, 5) is 18.4. The molecule has 0 spiro atoms. The van der Waals surface area contributed by atoms with Crippen molar-refractivity contribution in [3.63, 3.8) is 0 Å². The molecule has 0 N–H and O–H groups in total. The van der Waals surface area contributed by atoms with Crippen LogP contribution in [-0.4, -0.2) is 34.0 Å². The average molecular weight is 271 g/mol. The molecule has 1 aromatic heterocycles. The molecule has 2 heterocycles. The maximum Gasteiger partial charge on any atom is 0.274 e. The number of amides is 1. The fourth-order valence-electron chi connectivity index (χ4n) is 2.32. The zero-order chi connectivity index (χ0) is 13.9. The number of benzene rings is 1. The standard InChI is InChI=1S/C15H17N3O2/c1-17(9-12-5-3-2-4-6-12)15(19)13-10-18-7-8-20-11-14(18)16-13/h2-6,10H,7-9,11H2,1H3. The third kappa shape index (κ3) is 2.58. The highest BCUT2D eigenvalue weighted by atomic mass is 16.5. The van der Waals surface area contributed by atoms with Gasteiger partial charge in [-0.25, -0.2) is 4.98 Å². The van der Waals surface area contributed by atoms with Gasteiger partial charge in [0.15, 0.2) is 0 Å². The van der Waals surface area contributed by atoms with Gasteiger partial charge >= 0.3 is 0 Å².